The molecule has 1 N–H and O–H groups in total. The van der Waals surface area contributed by atoms with Crippen molar-refractivity contribution in [3.63, 3.8) is 0 Å². The summed E-state index contributed by atoms with van der Waals surface area (Å²) < 4.78 is 0. The minimum Gasteiger partial charge on any atom is -0.393 e. The maximum Gasteiger partial charge on any atom is 0.246 e. The van der Waals surface area contributed by atoms with Crippen molar-refractivity contribution in [3.05, 3.63) is 12.2 Å². The van der Waals surface area contributed by atoms with Gasteiger partial charge in [-0.25, -0.2) is 0 Å². The van der Waals surface area contributed by atoms with Crippen LogP contribution in [0.2, 0.25) is 0 Å². The molecule has 1 saturated heterocycles. The fourth-order valence-corrected chi connectivity index (χ4v) is 2.00. The minimum atomic E-state index is -0.296. The van der Waals surface area contributed by atoms with Gasteiger partial charge in [0, 0.05) is 13.1 Å². The molecule has 1 aliphatic heterocycles. The summed E-state index contributed by atoms with van der Waals surface area (Å²) in [7, 11) is 0. The molecular weight excluding hydrogens is 202 g/mol. The van der Waals surface area contributed by atoms with E-state index < -0.39 is 0 Å². The third kappa shape index (κ3) is 4.79. The Bertz CT molecular complexity index is 232. The largest absolute Gasteiger partial charge is 0.393 e. The second kappa shape index (κ2) is 7.44. The first kappa shape index (κ1) is 13.2. The van der Waals surface area contributed by atoms with Crippen molar-refractivity contribution >= 4 is 5.91 Å². The summed E-state index contributed by atoms with van der Waals surface area (Å²) in [4.78, 5) is 13.6. The molecule has 0 radical (unpaired) electrons. The van der Waals surface area contributed by atoms with Crippen LogP contribution in [0.15, 0.2) is 12.2 Å². The third-order valence-electron chi connectivity index (χ3n) is 2.96. The van der Waals surface area contributed by atoms with Gasteiger partial charge >= 0.3 is 0 Å². The molecule has 1 rings (SSSR count). The van der Waals surface area contributed by atoms with E-state index in [-0.39, 0.29) is 12.0 Å². The number of rotatable bonds is 5. The first-order valence-electron chi connectivity index (χ1n) is 6.37. The van der Waals surface area contributed by atoms with Crippen LogP contribution in [0.1, 0.15) is 45.4 Å². The topological polar surface area (TPSA) is 40.5 Å². The Morgan fingerprint density at radius 3 is 2.69 bits per heavy atom. The maximum atomic E-state index is 11.7. The molecule has 92 valence electrons. The zero-order valence-corrected chi connectivity index (χ0v) is 10.2. The van der Waals surface area contributed by atoms with Gasteiger partial charge < -0.3 is 10.0 Å². The predicted octanol–water partition coefficient (Wildman–Crippen LogP) is 2.11. The fourth-order valence-electron chi connectivity index (χ4n) is 2.00. The highest BCUT2D eigenvalue weighted by Gasteiger charge is 2.13. The summed E-state index contributed by atoms with van der Waals surface area (Å²) in [6.07, 6.45) is 8.99. The highest BCUT2D eigenvalue weighted by Crippen LogP contribution is 2.09. The van der Waals surface area contributed by atoms with E-state index in [4.69, 9.17) is 0 Å². The van der Waals surface area contributed by atoms with Crippen molar-refractivity contribution < 1.29 is 9.90 Å². The number of aliphatic hydroxyl groups excluding tert-OH is 1. The zero-order chi connectivity index (χ0) is 11.8. The van der Waals surface area contributed by atoms with Gasteiger partial charge in [-0.1, -0.05) is 19.4 Å². The van der Waals surface area contributed by atoms with Crippen molar-refractivity contribution in [3.8, 4) is 0 Å². The Morgan fingerprint density at radius 2 is 2.06 bits per heavy atom. The van der Waals surface area contributed by atoms with E-state index in [0.29, 0.717) is 6.42 Å². The Hall–Kier alpha value is -0.830. The van der Waals surface area contributed by atoms with Gasteiger partial charge in [0.15, 0.2) is 0 Å². The van der Waals surface area contributed by atoms with Crippen LogP contribution < -0.4 is 0 Å². The smallest absolute Gasteiger partial charge is 0.246 e. The highest BCUT2D eigenvalue weighted by molar-refractivity contribution is 5.87. The predicted molar refractivity (Wildman–Crippen MR) is 65.1 cm³/mol. The summed E-state index contributed by atoms with van der Waals surface area (Å²) in [6.45, 7) is 3.83. The second-order valence-electron chi connectivity index (χ2n) is 4.47. The van der Waals surface area contributed by atoms with Gasteiger partial charge in [-0.2, -0.15) is 0 Å². The van der Waals surface area contributed by atoms with E-state index in [1.54, 1.807) is 12.2 Å². The average Bonchev–Trinajstić information content (AvgIpc) is 2.30. The molecule has 3 nitrogen and oxygen atoms in total. The minimum absolute atomic E-state index is 0.100. The van der Waals surface area contributed by atoms with Crippen LogP contribution in [0.5, 0.6) is 0 Å². The molecule has 1 atom stereocenters. The molecule has 0 aromatic carbocycles. The number of amides is 1. The Kier molecular flexibility index (Phi) is 6.16. The number of likely N-dealkylation sites (tertiary alicyclic amines) is 1. The lowest BCUT2D eigenvalue weighted by atomic mass is 10.1. The maximum absolute atomic E-state index is 11.7. The summed E-state index contributed by atoms with van der Waals surface area (Å²) in [5, 5.41) is 9.50. The quantitative estimate of drug-likeness (QED) is 0.728. The SMILES string of the molecule is CCCC(O)C/C=C/C(=O)N1CCCCC1. The molecule has 1 fully saturated rings. The molecule has 0 aliphatic carbocycles. The van der Waals surface area contributed by atoms with Crippen LogP contribution in [0.4, 0.5) is 0 Å². The van der Waals surface area contributed by atoms with Gasteiger partial charge in [-0.15, -0.1) is 0 Å². The monoisotopic (exact) mass is 225 g/mol. The van der Waals surface area contributed by atoms with Gasteiger partial charge in [-0.05, 0) is 38.2 Å². The summed E-state index contributed by atoms with van der Waals surface area (Å²) in [6, 6.07) is 0. The van der Waals surface area contributed by atoms with E-state index in [1.165, 1.54) is 6.42 Å². The number of carbonyl (C=O) groups excluding carboxylic acids is 1. The molecular formula is C13H23NO2. The molecule has 0 bridgehead atoms. The van der Waals surface area contributed by atoms with Gasteiger partial charge in [0.25, 0.3) is 0 Å². The Morgan fingerprint density at radius 1 is 1.38 bits per heavy atom. The van der Waals surface area contributed by atoms with Crippen LogP contribution in [0.25, 0.3) is 0 Å². The lowest BCUT2D eigenvalue weighted by Crippen LogP contribution is -2.34. The zero-order valence-electron chi connectivity index (χ0n) is 10.2. The number of nitrogens with zero attached hydrogens (tertiary/aromatic N) is 1. The number of aliphatic hydroxyl groups is 1. The molecule has 1 aliphatic rings. The summed E-state index contributed by atoms with van der Waals surface area (Å²) >= 11 is 0. The first-order valence-corrected chi connectivity index (χ1v) is 6.37. The fraction of sp³-hybridized carbons (Fsp3) is 0.769. The van der Waals surface area contributed by atoms with E-state index in [0.717, 1.165) is 38.8 Å². The van der Waals surface area contributed by atoms with E-state index in [9.17, 15) is 9.90 Å². The molecule has 1 heterocycles. The summed E-state index contributed by atoms with van der Waals surface area (Å²) in [5.74, 6) is 0.100. The molecule has 1 amide bonds. The van der Waals surface area contributed by atoms with Crippen LogP contribution in [-0.2, 0) is 4.79 Å². The molecule has 0 saturated carbocycles. The molecule has 0 aromatic rings. The van der Waals surface area contributed by atoms with Gasteiger partial charge in [0.2, 0.25) is 5.91 Å². The van der Waals surface area contributed by atoms with E-state index in [1.807, 2.05) is 11.8 Å². The number of hydrogen-bond donors (Lipinski definition) is 1. The normalized spacial score (nSPS) is 19.0. The molecule has 0 aromatic heterocycles. The Balaban J connectivity index is 2.24. The third-order valence-corrected chi connectivity index (χ3v) is 2.96. The Labute approximate surface area is 98.1 Å². The van der Waals surface area contributed by atoms with Crippen LogP contribution >= 0.6 is 0 Å². The molecule has 1 unspecified atom stereocenters. The standard InChI is InChI=1S/C13H23NO2/c1-2-7-12(15)8-6-9-13(16)14-10-4-3-5-11-14/h6,9,12,15H,2-5,7-8,10-11H2,1H3/b9-6+. The van der Waals surface area contributed by atoms with Crippen LogP contribution in [-0.4, -0.2) is 35.1 Å². The van der Waals surface area contributed by atoms with E-state index >= 15 is 0 Å². The number of piperidine rings is 1. The second-order valence-corrected chi connectivity index (χ2v) is 4.47. The number of carbonyl (C=O) groups is 1. The average molecular weight is 225 g/mol. The lowest BCUT2D eigenvalue weighted by Gasteiger charge is -2.25. The van der Waals surface area contributed by atoms with Gasteiger partial charge in [0.05, 0.1) is 6.10 Å². The first-order chi connectivity index (χ1) is 7.74. The molecule has 0 spiro atoms. The van der Waals surface area contributed by atoms with Gasteiger partial charge in [-0.3, -0.25) is 4.79 Å². The van der Waals surface area contributed by atoms with Crippen molar-refractivity contribution in [1.29, 1.82) is 0 Å². The van der Waals surface area contributed by atoms with E-state index in [2.05, 4.69) is 0 Å². The van der Waals surface area contributed by atoms with Crippen molar-refractivity contribution in [2.45, 2.75) is 51.6 Å². The van der Waals surface area contributed by atoms with Gasteiger partial charge in [0.1, 0.15) is 0 Å². The highest BCUT2D eigenvalue weighted by atomic mass is 16.3. The van der Waals surface area contributed by atoms with Crippen molar-refractivity contribution in [2.75, 3.05) is 13.1 Å². The van der Waals surface area contributed by atoms with Crippen LogP contribution in [0, 0.1) is 0 Å². The molecule has 3 heteroatoms. The summed E-state index contributed by atoms with van der Waals surface area (Å²) in [5.41, 5.74) is 0. The van der Waals surface area contributed by atoms with Crippen LogP contribution in [0.3, 0.4) is 0 Å². The number of hydrogen-bond acceptors (Lipinski definition) is 2. The lowest BCUT2D eigenvalue weighted by molar-refractivity contribution is -0.126. The van der Waals surface area contributed by atoms with Crippen molar-refractivity contribution in [2.24, 2.45) is 0 Å². The van der Waals surface area contributed by atoms with Crippen molar-refractivity contribution in [1.82, 2.24) is 4.90 Å². The molecule has 16 heavy (non-hydrogen) atoms.